The molecule has 3 atom stereocenters. The molecule has 0 fully saturated rings. The standard InChI is InChI=1S/C30H28FNO3/c1-19(23-12-7-9-20-8-3-4-10-24(20)23)32-18-22-17-26(25-11-5-6-13-29(25)35-22)27-16-21(30(33)34-2)14-15-28(27)31/h3-16,19,22,26,32H,17-18H2,1-2H3/t19-,22?,26?/m1/s1. The lowest BCUT2D eigenvalue weighted by Crippen LogP contribution is -2.37. The third-order valence-electron chi connectivity index (χ3n) is 6.82. The van der Waals surface area contributed by atoms with Gasteiger partial charge in [-0.15, -0.1) is 0 Å². The summed E-state index contributed by atoms with van der Waals surface area (Å²) in [5, 5.41) is 6.06. The molecular weight excluding hydrogens is 441 g/mol. The maximum Gasteiger partial charge on any atom is 0.337 e. The molecule has 1 aliphatic rings. The molecular formula is C30H28FNO3. The van der Waals surface area contributed by atoms with Gasteiger partial charge in [-0.2, -0.15) is 0 Å². The number of fused-ring (bicyclic) bond motifs is 2. The fourth-order valence-corrected chi connectivity index (χ4v) is 5.01. The molecule has 0 amide bonds. The summed E-state index contributed by atoms with van der Waals surface area (Å²) in [5.41, 5.74) is 2.97. The maximum absolute atomic E-state index is 15.0. The predicted molar refractivity (Wildman–Crippen MR) is 135 cm³/mol. The number of ether oxygens (including phenoxy) is 2. The fourth-order valence-electron chi connectivity index (χ4n) is 5.01. The number of halogens is 1. The Kier molecular flexibility index (Phi) is 6.51. The molecule has 4 nitrogen and oxygen atoms in total. The van der Waals surface area contributed by atoms with E-state index in [1.54, 1.807) is 6.07 Å². The van der Waals surface area contributed by atoms with Gasteiger partial charge in [0.15, 0.2) is 0 Å². The van der Waals surface area contributed by atoms with E-state index >= 15 is 4.39 Å². The number of hydrogen-bond donors (Lipinski definition) is 1. The van der Waals surface area contributed by atoms with Gasteiger partial charge in [0.2, 0.25) is 0 Å². The average Bonchev–Trinajstić information content (AvgIpc) is 2.90. The summed E-state index contributed by atoms with van der Waals surface area (Å²) in [6.07, 6.45) is 0.432. The van der Waals surface area contributed by atoms with Gasteiger partial charge in [-0.25, -0.2) is 9.18 Å². The van der Waals surface area contributed by atoms with Crippen molar-refractivity contribution in [1.82, 2.24) is 5.32 Å². The van der Waals surface area contributed by atoms with Crippen LogP contribution in [0.1, 0.15) is 52.4 Å². The van der Waals surface area contributed by atoms with Crippen molar-refractivity contribution in [1.29, 1.82) is 0 Å². The first kappa shape index (κ1) is 23.1. The van der Waals surface area contributed by atoms with Crippen LogP contribution >= 0.6 is 0 Å². The highest BCUT2D eigenvalue weighted by atomic mass is 19.1. The molecule has 5 rings (SSSR count). The smallest absolute Gasteiger partial charge is 0.337 e. The Labute approximate surface area is 204 Å². The average molecular weight is 470 g/mol. The third-order valence-corrected chi connectivity index (χ3v) is 6.82. The van der Waals surface area contributed by atoms with E-state index in [0.717, 1.165) is 11.3 Å². The molecule has 5 heteroatoms. The van der Waals surface area contributed by atoms with Gasteiger partial charge in [0.25, 0.3) is 0 Å². The third kappa shape index (κ3) is 4.64. The van der Waals surface area contributed by atoms with Crippen molar-refractivity contribution in [2.45, 2.75) is 31.4 Å². The van der Waals surface area contributed by atoms with Gasteiger partial charge in [-0.05, 0) is 59.5 Å². The second kappa shape index (κ2) is 9.88. The zero-order chi connectivity index (χ0) is 24.4. The molecule has 0 saturated carbocycles. The summed E-state index contributed by atoms with van der Waals surface area (Å²) in [5.74, 6) is -0.302. The second-order valence-corrected chi connectivity index (χ2v) is 8.99. The lowest BCUT2D eigenvalue weighted by atomic mass is 9.83. The molecule has 0 aliphatic carbocycles. The van der Waals surface area contributed by atoms with Crippen molar-refractivity contribution in [2.24, 2.45) is 0 Å². The van der Waals surface area contributed by atoms with E-state index in [2.05, 4.69) is 48.6 Å². The van der Waals surface area contributed by atoms with E-state index in [1.807, 2.05) is 30.3 Å². The van der Waals surface area contributed by atoms with E-state index in [9.17, 15) is 4.79 Å². The molecule has 1 aliphatic heterocycles. The van der Waals surface area contributed by atoms with E-state index in [4.69, 9.17) is 9.47 Å². The van der Waals surface area contributed by atoms with E-state index in [1.165, 1.54) is 35.6 Å². The minimum Gasteiger partial charge on any atom is -0.489 e. The number of rotatable bonds is 6. The zero-order valence-electron chi connectivity index (χ0n) is 19.8. The number of esters is 1. The van der Waals surface area contributed by atoms with Crippen molar-refractivity contribution in [3.63, 3.8) is 0 Å². The summed E-state index contributed by atoms with van der Waals surface area (Å²) < 4.78 is 26.2. The van der Waals surface area contributed by atoms with Gasteiger partial charge >= 0.3 is 5.97 Å². The van der Waals surface area contributed by atoms with Gasteiger partial charge in [-0.3, -0.25) is 0 Å². The molecule has 1 N–H and O–H groups in total. The fraction of sp³-hybridized carbons (Fsp3) is 0.233. The molecule has 0 spiro atoms. The van der Waals surface area contributed by atoms with Gasteiger partial charge in [0.05, 0.1) is 12.7 Å². The monoisotopic (exact) mass is 469 g/mol. The molecule has 2 unspecified atom stereocenters. The summed E-state index contributed by atoms with van der Waals surface area (Å²) in [4.78, 5) is 12.1. The Hall–Kier alpha value is -3.70. The molecule has 4 aromatic rings. The highest BCUT2D eigenvalue weighted by Crippen LogP contribution is 2.41. The van der Waals surface area contributed by atoms with Crippen LogP contribution in [0.3, 0.4) is 0 Å². The van der Waals surface area contributed by atoms with Crippen LogP contribution in [-0.2, 0) is 4.74 Å². The van der Waals surface area contributed by atoms with Gasteiger partial charge in [0.1, 0.15) is 17.7 Å². The first-order chi connectivity index (χ1) is 17.0. The molecule has 0 aromatic heterocycles. The van der Waals surface area contributed by atoms with Crippen molar-refractivity contribution in [3.05, 3.63) is 113 Å². The SMILES string of the molecule is COC(=O)c1ccc(F)c(C2CC(CN[C@H](C)c3cccc4ccccc34)Oc3ccccc32)c1. The number of para-hydroxylation sites is 1. The van der Waals surface area contributed by atoms with Crippen LogP contribution in [-0.4, -0.2) is 25.7 Å². The molecule has 0 radical (unpaired) electrons. The number of methoxy groups -OCH3 is 1. The highest BCUT2D eigenvalue weighted by molar-refractivity contribution is 5.89. The van der Waals surface area contributed by atoms with Crippen LogP contribution in [0.15, 0.2) is 84.9 Å². The molecule has 0 saturated heterocycles. The minimum atomic E-state index is -0.478. The van der Waals surface area contributed by atoms with Crippen molar-refractivity contribution >= 4 is 16.7 Å². The first-order valence-electron chi connectivity index (χ1n) is 11.9. The number of hydrogen-bond acceptors (Lipinski definition) is 4. The van der Waals surface area contributed by atoms with Gasteiger partial charge < -0.3 is 14.8 Å². The number of benzene rings is 4. The van der Waals surface area contributed by atoms with Crippen molar-refractivity contribution < 1.29 is 18.7 Å². The van der Waals surface area contributed by atoms with E-state index in [-0.39, 0.29) is 23.9 Å². The minimum absolute atomic E-state index is 0.111. The zero-order valence-corrected chi connectivity index (χ0v) is 19.8. The Morgan fingerprint density at radius 3 is 2.66 bits per heavy atom. The van der Waals surface area contributed by atoms with Crippen LogP contribution in [0.2, 0.25) is 0 Å². The molecule has 0 bridgehead atoms. The van der Waals surface area contributed by atoms with Crippen LogP contribution in [0.4, 0.5) is 4.39 Å². The summed E-state index contributed by atoms with van der Waals surface area (Å²) in [7, 11) is 1.33. The lowest BCUT2D eigenvalue weighted by Gasteiger charge is -2.33. The summed E-state index contributed by atoms with van der Waals surface area (Å²) in [6.45, 7) is 2.75. The molecule has 1 heterocycles. The van der Waals surface area contributed by atoms with Crippen molar-refractivity contribution in [3.8, 4) is 5.75 Å². The Balaban J connectivity index is 1.40. The van der Waals surface area contributed by atoms with Gasteiger partial charge in [0, 0.05) is 24.1 Å². The molecule has 4 aromatic carbocycles. The maximum atomic E-state index is 15.0. The largest absolute Gasteiger partial charge is 0.489 e. The Morgan fingerprint density at radius 2 is 1.80 bits per heavy atom. The number of nitrogens with one attached hydrogen (secondary N) is 1. The van der Waals surface area contributed by atoms with E-state index in [0.29, 0.717) is 24.1 Å². The highest BCUT2D eigenvalue weighted by Gasteiger charge is 2.31. The van der Waals surface area contributed by atoms with Crippen LogP contribution in [0, 0.1) is 5.82 Å². The van der Waals surface area contributed by atoms with Gasteiger partial charge in [-0.1, -0.05) is 60.7 Å². The van der Waals surface area contributed by atoms with Crippen molar-refractivity contribution in [2.75, 3.05) is 13.7 Å². The second-order valence-electron chi connectivity index (χ2n) is 8.99. The number of carbonyl (C=O) groups excluding carboxylic acids is 1. The normalized spacial score (nSPS) is 17.9. The van der Waals surface area contributed by atoms with Crippen LogP contribution in [0.25, 0.3) is 10.8 Å². The van der Waals surface area contributed by atoms with Crippen LogP contribution < -0.4 is 10.1 Å². The quantitative estimate of drug-likeness (QED) is 0.332. The molecule has 35 heavy (non-hydrogen) atoms. The Bertz CT molecular complexity index is 1360. The summed E-state index contributed by atoms with van der Waals surface area (Å²) >= 11 is 0. The first-order valence-corrected chi connectivity index (χ1v) is 11.9. The van der Waals surface area contributed by atoms with E-state index < -0.39 is 5.97 Å². The number of carbonyl (C=O) groups is 1. The predicted octanol–water partition coefficient (Wildman–Crippen LogP) is 6.40. The summed E-state index contributed by atoms with van der Waals surface area (Å²) in [6, 6.07) is 27.0. The molecule has 178 valence electrons. The topological polar surface area (TPSA) is 47.6 Å². The lowest BCUT2D eigenvalue weighted by molar-refractivity contribution is 0.0600. The Morgan fingerprint density at radius 1 is 1.03 bits per heavy atom. The van der Waals surface area contributed by atoms with Crippen LogP contribution in [0.5, 0.6) is 5.75 Å².